The second kappa shape index (κ2) is 4.72. The molecule has 2 nitrogen and oxygen atoms in total. The zero-order chi connectivity index (χ0) is 12.6. The van der Waals surface area contributed by atoms with Crippen LogP contribution in [0.2, 0.25) is 0 Å². The Hall–Kier alpha value is 0.640. The molecule has 1 saturated heterocycles. The average molecular weight is 269 g/mol. The first-order chi connectivity index (χ1) is 7.19. The fourth-order valence-corrected chi connectivity index (χ4v) is 11.9. The van der Waals surface area contributed by atoms with E-state index in [4.69, 9.17) is 11.2 Å². The van der Waals surface area contributed by atoms with Crippen LogP contribution in [0.1, 0.15) is 40.5 Å². The molecule has 1 aliphatic rings. The molecule has 0 aromatic rings. The molecule has 16 heavy (non-hydrogen) atoms. The van der Waals surface area contributed by atoms with Crippen LogP contribution in [0.4, 0.5) is 0 Å². The van der Waals surface area contributed by atoms with Gasteiger partial charge in [-0.25, -0.2) is 0 Å². The Morgan fingerprint density at radius 3 is 1.56 bits per heavy atom. The van der Waals surface area contributed by atoms with Crippen LogP contribution in [0.15, 0.2) is 0 Å². The van der Waals surface area contributed by atoms with Gasteiger partial charge >= 0.3 is 104 Å². The molecule has 98 valence electrons. The van der Waals surface area contributed by atoms with Gasteiger partial charge in [-0.2, -0.15) is 0 Å². The van der Waals surface area contributed by atoms with Crippen molar-refractivity contribution in [2.45, 2.75) is 52.2 Å². The first-order valence-corrected chi connectivity index (χ1v) is 9.93. The van der Waals surface area contributed by atoms with Crippen molar-refractivity contribution < 1.29 is 10.2 Å². The quantitative estimate of drug-likeness (QED) is 0.767. The summed E-state index contributed by atoms with van der Waals surface area (Å²) in [7, 11) is 0. The fourth-order valence-electron chi connectivity index (χ4n) is 3.31. The second-order valence-corrected chi connectivity index (χ2v) is 13.8. The molecular formula is C12H26ClO2P. The molecule has 0 saturated carbocycles. The summed E-state index contributed by atoms with van der Waals surface area (Å²) in [5.41, 5.74) is 0. The van der Waals surface area contributed by atoms with Crippen molar-refractivity contribution >= 4 is 17.2 Å². The van der Waals surface area contributed by atoms with E-state index in [1.165, 1.54) is 0 Å². The van der Waals surface area contributed by atoms with E-state index in [1.807, 2.05) is 0 Å². The standard InChI is InChI=1S/C12H26ClO2P/c1-9(2)7-16(13,8-10(3)4)11(14)5-6-12(16)15/h9-12,14-15H,5-8H2,1-4H3. The molecule has 1 fully saturated rings. The maximum atomic E-state index is 10.3. The Bertz CT molecular complexity index is 231. The number of hydrogen-bond donors (Lipinski definition) is 2. The molecule has 0 bridgehead atoms. The molecule has 2 N–H and O–H groups in total. The van der Waals surface area contributed by atoms with Crippen LogP contribution in [0.5, 0.6) is 0 Å². The maximum absolute atomic E-state index is 10.3. The van der Waals surface area contributed by atoms with E-state index in [-0.39, 0.29) is 0 Å². The predicted octanol–water partition coefficient (Wildman–Crippen LogP) is 3.44. The van der Waals surface area contributed by atoms with E-state index >= 15 is 0 Å². The normalized spacial score (nSPS) is 35.2. The van der Waals surface area contributed by atoms with Gasteiger partial charge in [-0.15, -0.1) is 0 Å². The first kappa shape index (κ1) is 14.7. The van der Waals surface area contributed by atoms with Crippen molar-refractivity contribution in [3.05, 3.63) is 0 Å². The molecule has 0 spiro atoms. The third-order valence-corrected chi connectivity index (χ3v) is 12.3. The van der Waals surface area contributed by atoms with Gasteiger partial charge in [0.25, 0.3) is 0 Å². The molecule has 1 heterocycles. The number of halogens is 1. The van der Waals surface area contributed by atoms with Crippen LogP contribution >= 0.6 is 17.2 Å². The van der Waals surface area contributed by atoms with Gasteiger partial charge in [0, 0.05) is 0 Å². The SMILES string of the molecule is CC(C)CP1(Cl)(CC(C)C)C(O)CCC1O. The Morgan fingerprint density at radius 1 is 1.00 bits per heavy atom. The van der Waals surface area contributed by atoms with Gasteiger partial charge in [-0.05, 0) is 0 Å². The third kappa shape index (κ3) is 2.41. The van der Waals surface area contributed by atoms with Crippen LogP contribution in [-0.4, -0.2) is 34.2 Å². The Labute approximate surface area is 104 Å². The minimum absolute atomic E-state index is 0.427. The Balaban J connectivity index is 3.08. The van der Waals surface area contributed by atoms with Crippen molar-refractivity contribution in [3.8, 4) is 0 Å². The summed E-state index contributed by atoms with van der Waals surface area (Å²) in [6.07, 6.45) is 2.94. The van der Waals surface area contributed by atoms with Crippen LogP contribution in [0.3, 0.4) is 0 Å². The van der Waals surface area contributed by atoms with Crippen molar-refractivity contribution in [3.63, 3.8) is 0 Å². The predicted molar refractivity (Wildman–Crippen MR) is 73.4 cm³/mol. The Kier molecular flexibility index (Phi) is 4.34. The van der Waals surface area contributed by atoms with E-state index < -0.39 is 17.6 Å². The Morgan fingerprint density at radius 2 is 1.31 bits per heavy atom. The van der Waals surface area contributed by atoms with E-state index in [0.717, 1.165) is 12.3 Å². The van der Waals surface area contributed by atoms with Crippen molar-refractivity contribution in [2.75, 3.05) is 12.3 Å². The summed E-state index contributed by atoms with van der Waals surface area (Å²) in [5.74, 6) is -2.94. The molecule has 2 unspecified atom stereocenters. The zero-order valence-corrected chi connectivity index (χ0v) is 12.5. The van der Waals surface area contributed by atoms with Crippen LogP contribution in [0.25, 0.3) is 0 Å². The van der Waals surface area contributed by atoms with Crippen LogP contribution in [0, 0.1) is 11.8 Å². The van der Waals surface area contributed by atoms with E-state index in [0.29, 0.717) is 24.7 Å². The molecule has 0 amide bonds. The van der Waals surface area contributed by atoms with Gasteiger partial charge < -0.3 is 0 Å². The molecule has 0 radical (unpaired) electrons. The van der Waals surface area contributed by atoms with Gasteiger partial charge in [0.15, 0.2) is 0 Å². The first-order valence-electron chi connectivity index (χ1n) is 6.28. The minimum atomic E-state index is -2.87. The van der Waals surface area contributed by atoms with E-state index in [1.54, 1.807) is 0 Å². The second-order valence-electron chi connectivity index (χ2n) is 6.23. The summed E-state index contributed by atoms with van der Waals surface area (Å²) < 4.78 is 0. The van der Waals surface area contributed by atoms with Crippen molar-refractivity contribution in [2.24, 2.45) is 11.8 Å². The van der Waals surface area contributed by atoms with Crippen molar-refractivity contribution in [1.82, 2.24) is 0 Å². The van der Waals surface area contributed by atoms with E-state index in [2.05, 4.69) is 27.7 Å². The van der Waals surface area contributed by atoms with Gasteiger partial charge in [0.1, 0.15) is 0 Å². The molecular weight excluding hydrogens is 243 g/mol. The summed E-state index contributed by atoms with van der Waals surface area (Å²) >= 11 is 6.95. The molecule has 0 aromatic heterocycles. The molecule has 0 aliphatic carbocycles. The molecule has 4 heteroatoms. The molecule has 1 aliphatic heterocycles. The monoisotopic (exact) mass is 268 g/mol. The van der Waals surface area contributed by atoms with Gasteiger partial charge in [0.2, 0.25) is 0 Å². The third-order valence-electron chi connectivity index (χ3n) is 3.64. The number of aliphatic hydroxyl groups is 2. The summed E-state index contributed by atoms with van der Waals surface area (Å²) in [5, 5.41) is 20.7. The molecule has 2 atom stereocenters. The fraction of sp³-hybridized carbons (Fsp3) is 1.00. The van der Waals surface area contributed by atoms with Gasteiger partial charge in [-0.1, -0.05) is 0 Å². The van der Waals surface area contributed by atoms with Crippen LogP contribution in [-0.2, 0) is 0 Å². The summed E-state index contributed by atoms with van der Waals surface area (Å²) in [4.78, 5) is 0. The number of rotatable bonds is 4. The van der Waals surface area contributed by atoms with Gasteiger partial charge in [-0.3, -0.25) is 0 Å². The molecule has 0 aromatic carbocycles. The summed E-state index contributed by atoms with van der Waals surface area (Å²) in [6, 6.07) is 0. The summed E-state index contributed by atoms with van der Waals surface area (Å²) in [6.45, 7) is 8.48. The number of aliphatic hydroxyl groups excluding tert-OH is 2. The molecule has 1 rings (SSSR count). The van der Waals surface area contributed by atoms with Crippen molar-refractivity contribution in [1.29, 1.82) is 0 Å². The number of hydrogen-bond acceptors (Lipinski definition) is 2. The average Bonchev–Trinajstić information content (AvgIpc) is 2.28. The van der Waals surface area contributed by atoms with Crippen LogP contribution < -0.4 is 0 Å². The van der Waals surface area contributed by atoms with Gasteiger partial charge in [0.05, 0.1) is 0 Å². The van der Waals surface area contributed by atoms with E-state index in [9.17, 15) is 10.2 Å². The topological polar surface area (TPSA) is 40.5 Å². The zero-order valence-electron chi connectivity index (χ0n) is 10.9.